The minimum atomic E-state index is -4.44. The molecule has 0 bridgehead atoms. The molecule has 5 nitrogen and oxygen atoms in total. The van der Waals surface area contributed by atoms with Crippen LogP contribution >= 0.6 is 0 Å². The fraction of sp³-hybridized carbons (Fsp3) is 0.846. The maximum Gasteiger partial charge on any atom is 0.405 e. The predicted molar refractivity (Wildman–Crippen MR) is 69.4 cm³/mol. The molecule has 1 aliphatic carbocycles. The van der Waals surface area contributed by atoms with Gasteiger partial charge in [0.15, 0.2) is 0 Å². The number of rotatable bonds is 4. The second-order valence-electron chi connectivity index (χ2n) is 5.72. The molecule has 0 radical (unpaired) electrons. The molecule has 1 heterocycles. The second kappa shape index (κ2) is 6.64. The van der Waals surface area contributed by atoms with Gasteiger partial charge in [0.05, 0.1) is 12.6 Å². The van der Waals surface area contributed by atoms with Crippen molar-refractivity contribution >= 4 is 11.8 Å². The molecule has 2 amide bonds. The first-order valence-electron chi connectivity index (χ1n) is 7.22. The standard InChI is InChI=1S/C13H20F3N3O2/c14-13(15,16)7-18-11(20)6-17-12(21)10-5-8-3-1-2-4-9(8)19-10/h8-10,19H,1-7H2,(H,17,21)(H,18,20). The quantitative estimate of drug-likeness (QED) is 0.716. The van der Waals surface area contributed by atoms with Crippen LogP contribution in [-0.4, -0.2) is 43.2 Å². The van der Waals surface area contributed by atoms with E-state index >= 15 is 0 Å². The minimum Gasteiger partial charge on any atom is -0.346 e. The van der Waals surface area contributed by atoms with Gasteiger partial charge in [-0.05, 0) is 25.2 Å². The molecule has 120 valence electrons. The third-order valence-electron chi connectivity index (χ3n) is 4.09. The predicted octanol–water partition coefficient (Wildman–Crippen LogP) is 0.702. The number of hydrogen-bond acceptors (Lipinski definition) is 3. The van der Waals surface area contributed by atoms with Crippen molar-refractivity contribution in [1.29, 1.82) is 0 Å². The summed E-state index contributed by atoms with van der Waals surface area (Å²) in [6, 6.07) is 0.0158. The number of halogens is 3. The number of hydrogen-bond donors (Lipinski definition) is 3. The van der Waals surface area contributed by atoms with Crippen LogP contribution in [0.25, 0.3) is 0 Å². The van der Waals surface area contributed by atoms with Crippen LogP contribution in [0.4, 0.5) is 13.2 Å². The van der Waals surface area contributed by atoms with Gasteiger partial charge < -0.3 is 16.0 Å². The minimum absolute atomic E-state index is 0.313. The van der Waals surface area contributed by atoms with Crippen molar-refractivity contribution in [3.63, 3.8) is 0 Å². The molecule has 2 aliphatic rings. The molecule has 2 fully saturated rings. The van der Waals surface area contributed by atoms with Crippen LogP contribution in [0, 0.1) is 5.92 Å². The van der Waals surface area contributed by atoms with Gasteiger partial charge in [-0.1, -0.05) is 12.8 Å². The van der Waals surface area contributed by atoms with Crippen molar-refractivity contribution in [2.24, 2.45) is 5.92 Å². The molecular formula is C13H20F3N3O2. The topological polar surface area (TPSA) is 70.2 Å². The Morgan fingerprint density at radius 1 is 1.14 bits per heavy atom. The summed E-state index contributed by atoms with van der Waals surface area (Å²) in [6.45, 7) is -1.81. The van der Waals surface area contributed by atoms with Crippen molar-refractivity contribution in [2.75, 3.05) is 13.1 Å². The number of carbonyl (C=O) groups excluding carboxylic acids is 2. The Labute approximate surface area is 121 Å². The lowest BCUT2D eigenvalue weighted by Gasteiger charge is -2.24. The molecule has 0 aromatic heterocycles. The molecule has 8 heteroatoms. The van der Waals surface area contributed by atoms with E-state index in [0.717, 1.165) is 25.7 Å². The summed E-state index contributed by atoms with van der Waals surface area (Å²) in [6.07, 6.45) is 0.788. The molecule has 0 aromatic rings. The highest BCUT2D eigenvalue weighted by atomic mass is 19.4. The molecule has 3 N–H and O–H groups in total. The average Bonchev–Trinajstić information content (AvgIpc) is 2.85. The normalized spacial score (nSPS) is 28.8. The number of alkyl halides is 3. The van der Waals surface area contributed by atoms with Crippen LogP contribution in [0.2, 0.25) is 0 Å². The molecule has 1 aliphatic heterocycles. The Bertz CT molecular complexity index is 387. The summed E-state index contributed by atoms with van der Waals surface area (Å²) in [4.78, 5) is 23.1. The van der Waals surface area contributed by atoms with E-state index in [1.165, 1.54) is 6.42 Å². The van der Waals surface area contributed by atoms with Crippen LogP contribution in [0.3, 0.4) is 0 Å². The van der Waals surface area contributed by atoms with Gasteiger partial charge >= 0.3 is 6.18 Å². The van der Waals surface area contributed by atoms with Gasteiger partial charge in [-0.15, -0.1) is 0 Å². The molecule has 0 aromatic carbocycles. The van der Waals surface area contributed by atoms with E-state index in [4.69, 9.17) is 0 Å². The van der Waals surface area contributed by atoms with Crippen LogP contribution in [0.1, 0.15) is 32.1 Å². The van der Waals surface area contributed by atoms with E-state index < -0.39 is 25.2 Å². The van der Waals surface area contributed by atoms with Crippen molar-refractivity contribution < 1.29 is 22.8 Å². The average molecular weight is 307 g/mol. The van der Waals surface area contributed by atoms with Crippen LogP contribution in [0.15, 0.2) is 0 Å². The van der Waals surface area contributed by atoms with E-state index in [1.807, 2.05) is 0 Å². The van der Waals surface area contributed by atoms with Gasteiger partial charge in [0.25, 0.3) is 0 Å². The highest BCUT2D eigenvalue weighted by Crippen LogP contribution is 2.33. The molecule has 3 atom stereocenters. The summed E-state index contributed by atoms with van der Waals surface area (Å²) in [5.74, 6) is -0.656. The largest absolute Gasteiger partial charge is 0.405 e. The number of amides is 2. The van der Waals surface area contributed by atoms with E-state index in [1.54, 1.807) is 5.32 Å². The monoisotopic (exact) mass is 307 g/mol. The highest BCUT2D eigenvalue weighted by Gasteiger charge is 2.38. The maximum atomic E-state index is 11.9. The number of carbonyl (C=O) groups is 2. The first kappa shape index (κ1) is 16.1. The van der Waals surface area contributed by atoms with Gasteiger partial charge in [-0.25, -0.2) is 0 Å². The zero-order chi connectivity index (χ0) is 15.5. The first-order valence-corrected chi connectivity index (χ1v) is 7.22. The third kappa shape index (κ3) is 4.87. The second-order valence-corrected chi connectivity index (χ2v) is 5.72. The summed E-state index contributed by atoms with van der Waals surface area (Å²) in [5, 5.41) is 7.36. The Morgan fingerprint density at radius 2 is 1.86 bits per heavy atom. The smallest absolute Gasteiger partial charge is 0.346 e. The fourth-order valence-corrected chi connectivity index (χ4v) is 3.07. The summed E-state index contributed by atoms with van der Waals surface area (Å²) >= 11 is 0. The van der Waals surface area contributed by atoms with Crippen LogP contribution in [0.5, 0.6) is 0 Å². The van der Waals surface area contributed by atoms with Gasteiger partial charge in [-0.3, -0.25) is 9.59 Å². The Hall–Kier alpha value is -1.31. The fourth-order valence-electron chi connectivity index (χ4n) is 3.07. The molecule has 3 unspecified atom stereocenters. The molecule has 1 saturated heterocycles. The van der Waals surface area contributed by atoms with E-state index in [0.29, 0.717) is 12.0 Å². The van der Waals surface area contributed by atoms with Crippen molar-refractivity contribution in [3.05, 3.63) is 0 Å². The Morgan fingerprint density at radius 3 is 2.52 bits per heavy atom. The molecule has 2 rings (SSSR count). The van der Waals surface area contributed by atoms with E-state index in [9.17, 15) is 22.8 Å². The summed E-state index contributed by atoms with van der Waals surface area (Å²) < 4.78 is 35.8. The summed E-state index contributed by atoms with van der Waals surface area (Å²) in [7, 11) is 0. The lowest BCUT2D eigenvalue weighted by Crippen LogP contribution is -2.47. The molecule has 1 saturated carbocycles. The van der Waals surface area contributed by atoms with Gasteiger partial charge in [0.2, 0.25) is 11.8 Å². The molecular weight excluding hydrogens is 287 g/mol. The Kier molecular flexibility index (Phi) is 5.08. The van der Waals surface area contributed by atoms with E-state index in [2.05, 4.69) is 10.6 Å². The van der Waals surface area contributed by atoms with Gasteiger partial charge in [-0.2, -0.15) is 13.2 Å². The van der Waals surface area contributed by atoms with Crippen molar-refractivity contribution in [1.82, 2.24) is 16.0 Å². The molecule has 21 heavy (non-hydrogen) atoms. The Balaban J connectivity index is 1.69. The van der Waals surface area contributed by atoms with Gasteiger partial charge in [0, 0.05) is 6.04 Å². The zero-order valence-electron chi connectivity index (χ0n) is 11.6. The lowest BCUT2D eigenvalue weighted by atomic mass is 9.85. The summed E-state index contributed by atoms with van der Waals surface area (Å²) in [5.41, 5.74) is 0. The van der Waals surface area contributed by atoms with Crippen LogP contribution in [-0.2, 0) is 9.59 Å². The number of fused-ring (bicyclic) bond motifs is 1. The third-order valence-corrected chi connectivity index (χ3v) is 4.09. The van der Waals surface area contributed by atoms with Crippen molar-refractivity contribution in [3.8, 4) is 0 Å². The van der Waals surface area contributed by atoms with Crippen LogP contribution < -0.4 is 16.0 Å². The van der Waals surface area contributed by atoms with Gasteiger partial charge in [0.1, 0.15) is 6.54 Å². The first-order chi connectivity index (χ1) is 9.85. The zero-order valence-corrected chi connectivity index (χ0v) is 11.6. The molecule has 0 spiro atoms. The SMILES string of the molecule is O=C(CNC(=O)C1CC2CCCCC2N1)NCC(F)(F)F. The van der Waals surface area contributed by atoms with E-state index in [-0.39, 0.29) is 11.9 Å². The maximum absolute atomic E-state index is 11.9. The highest BCUT2D eigenvalue weighted by molar-refractivity contribution is 5.87. The number of nitrogens with one attached hydrogen (secondary N) is 3. The lowest BCUT2D eigenvalue weighted by molar-refractivity contribution is -0.138. The van der Waals surface area contributed by atoms with Crippen molar-refractivity contribution in [2.45, 2.75) is 50.4 Å².